The topological polar surface area (TPSA) is 157 Å². The van der Waals surface area contributed by atoms with Gasteiger partial charge in [0.05, 0.1) is 29.4 Å². The van der Waals surface area contributed by atoms with Crippen molar-refractivity contribution < 1.29 is 28.4 Å². The van der Waals surface area contributed by atoms with Gasteiger partial charge in [0.15, 0.2) is 11.7 Å². The quantitative estimate of drug-likeness (QED) is 0.102. The minimum atomic E-state index is -0.651. The summed E-state index contributed by atoms with van der Waals surface area (Å²) < 4.78 is 16.8. The zero-order valence-corrected chi connectivity index (χ0v) is 24.2. The molecule has 3 N–H and O–H groups in total. The van der Waals surface area contributed by atoms with Gasteiger partial charge in [0.1, 0.15) is 17.3 Å². The van der Waals surface area contributed by atoms with Crippen LogP contribution in [0.4, 0.5) is 5.69 Å². The van der Waals surface area contributed by atoms with Crippen LogP contribution in [0.5, 0.6) is 5.75 Å². The average Bonchev–Trinajstić information content (AvgIpc) is 3.42. The largest absolute Gasteiger partial charge is 0.483 e. The van der Waals surface area contributed by atoms with E-state index in [9.17, 15) is 19.7 Å². The van der Waals surface area contributed by atoms with Gasteiger partial charge in [0.25, 0.3) is 11.6 Å². The number of thiocarbonyl (C=S) groups is 1. The highest BCUT2D eigenvalue weighted by atomic mass is 32.1. The number of hydrogen-bond acceptors (Lipinski definition) is 9. The molecule has 1 amide bonds. The molecule has 2 aromatic carbocycles. The first-order valence-electron chi connectivity index (χ1n) is 12.9. The van der Waals surface area contributed by atoms with E-state index in [1.807, 2.05) is 0 Å². The molecule has 1 aliphatic rings. The molecule has 4 rings (SSSR count). The maximum Gasteiger partial charge on any atom is 0.338 e. The van der Waals surface area contributed by atoms with Crippen LogP contribution in [0.2, 0.25) is 0 Å². The highest BCUT2D eigenvalue weighted by Crippen LogP contribution is 2.34. The van der Waals surface area contributed by atoms with Crippen molar-refractivity contribution in [2.45, 2.75) is 33.7 Å². The third-order valence-electron chi connectivity index (χ3n) is 6.48. The van der Waals surface area contributed by atoms with Crippen LogP contribution in [0.1, 0.15) is 42.3 Å². The molecule has 42 heavy (non-hydrogen) atoms. The molecule has 2 heterocycles. The molecule has 0 saturated carbocycles. The Kier molecular flexibility index (Phi) is 9.32. The first-order chi connectivity index (χ1) is 20.1. The van der Waals surface area contributed by atoms with Crippen LogP contribution in [0.25, 0.3) is 11.3 Å². The summed E-state index contributed by atoms with van der Waals surface area (Å²) >= 11 is 5.29. The van der Waals surface area contributed by atoms with Crippen molar-refractivity contribution in [3.05, 3.63) is 92.4 Å². The lowest BCUT2D eigenvalue weighted by Crippen LogP contribution is -2.45. The van der Waals surface area contributed by atoms with Gasteiger partial charge in [0, 0.05) is 28.5 Å². The summed E-state index contributed by atoms with van der Waals surface area (Å²) in [6, 6.07) is 12.9. The van der Waals surface area contributed by atoms with Gasteiger partial charge in [-0.1, -0.05) is 18.2 Å². The predicted octanol–water partition coefficient (Wildman–Crippen LogP) is 4.36. The molecular weight excluding hydrogens is 562 g/mol. The second-order valence-corrected chi connectivity index (χ2v) is 9.71. The van der Waals surface area contributed by atoms with Crippen LogP contribution in [0.15, 0.2) is 69.3 Å². The molecule has 3 aromatic rings. The number of amides is 1. The Morgan fingerprint density at radius 2 is 1.95 bits per heavy atom. The van der Waals surface area contributed by atoms with Crippen LogP contribution in [-0.2, 0) is 14.3 Å². The Balaban J connectivity index is 1.41. The standard InChI is InChI=1S/C29H29N5O7S/c1-5-39-28(36)26-18(4)31-29(42)32-27(26)21-8-6-7-9-24(21)40-15-25(35)33-30-14-20-10-11-23(41-20)19-12-16(2)17(3)22(13-19)34(37)38/h6-14,27H,5,15H2,1-4H3,(H,33,35)(H2,31,32,42)/t27-/m0/s1. The number of furan rings is 1. The molecular formula is C29H29N5O7S. The third-order valence-corrected chi connectivity index (χ3v) is 6.70. The number of esters is 1. The monoisotopic (exact) mass is 591 g/mol. The molecule has 12 nitrogen and oxygen atoms in total. The number of rotatable bonds is 10. The van der Waals surface area contributed by atoms with Crippen LogP contribution >= 0.6 is 12.2 Å². The lowest BCUT2D eigenvalue weighted by atomic mass is 9.95. The second-order valence-electron chi connectivity index (χ2n) is 9.31. The number of nitrogens with one attached hydrogen (secondary N) is 3. The Hall–Kier alpha value is -5.04. The zero-order chi connectivity index (χ0) is 30.4. The summed E-state index contributed by atoms with van der Waals surface area (Å²) in [5.74, 6) is 0.0852. The van der Waals surface area contributed by atoms with Crippen molar-refractivity contribution in [1.29, 1.82) is 0 Å². The van der Waals surface area contributed by atoms with Crippen LogP contribution in [0, 0.1) is 24.0 Å². The summed E-state index contributed by atoms with van der Waals surface area (Å²) in [6.45, 7) is 6.78. The van der Waals surface area contributed by atoms with E-state index in [2.05, 4.69) is 21.2 Å². The summed E-state index contributed by atoms with van der Waals surface area (Å²) in [7, 11) is 0. The molecule has 0 aliphatic carbocycles. The number of allylic oxidation sites excluding steroid dienone is 1. The summed E-state index contributed by atoms with van der Waals surface area (Å²) in [5.41, 5.74) is 5.79. The van der Waals surface area contributed by atoms with Crippen molar-refractivity contribution in [2.24, 2.45) is 5.10 Å². The minimum absolute atomic E-state index is 0.00683. The minimum Gasteiger partial charge on any atom is -0.483 e. The molecule has 1 aromatic heterocycles. The number of carbonyl (C=O) groups excluding carboxylic acids is 2. The first kappa shape index (κ1) is 29.9. The molecule has 1 aliphatic heterocycles. The van der Waals surface area contributed by atoms with E-state index < -0.39 is 22.8 Å². The van der Waals surface area contributed by atoms with E-state index in [0.717, 1.165) is 5.56 Å². The molecule has 0 saturated heterocycles. The van der Waals surface area contributed by atoms with Gasteiger partial charge < -0.3 is 24.5 Å². The SMILES string of the molecule is CCOC(=O)C1=C(C)NC(=S)N[C@H]1c1ccccc1OCC(=O)NN=Cc1ccc(-c2cc(C)c(C)c([N+](=O)[O-])c2)o1. The Morgan fingerprint density at radius 3 is 2.69 bits per heavy atom. The lowest BCUT2D eigenvalue weighted by molar-refractivity contribution is -0.385. The second kappa shape index (κ2) is 13.1. The smallest absolute Gasteiger partial charge is 0.338 e. The summed E-state index contributed by atoms with van der Waals surface area (Å²) in [5, 5.41) is 21.6. The molecule has 13 heteroatoms. The molecule has 0 fully saturated rings. The van der Waals surface area contributed by atoms with Gasteiger partial charge in [-0.05, 0) is 69.7 Å². The first-order valence-corrected chi connectivity index (χ1v) is 13.3. The lowest BCUT2D eigenvalue weighted by Gasteiger charge is -2.30. The number of aryl methyl sites for hydroxylation is 1. The maximum atomic E-state index is 12.7. The Bertz CT molecular complexity index is 1610. The highest BCUT2D eigenvalue weighted by Gasteiger charge is 2.32. The number of nitro benzene ring substituents is 1. The fourth-order valence-electron chi connectivity index (χ4n) is 4.35. The number of benzene rings is 2. The Morgan fingerprint density at radius 1 is 1.19 bits per heavy atom. The summed E-state index contributed by atoms with van der Waals surface area (Å²) in [4.78, 5) is 36.1. The predicted molar refractivity (Wildman–Crippen MR) is 159 cm³/mol. The molecule has 0 radical (unpaired) electrons. The van der Waals surface area contributed by atoms with Gasteiger partial charge in [0.2, 0.25) is 0 Å². The van der Waals surface area contributed by atoms with Gasteiger partial charge in [-0.25, -0.2) is 10.2 Å². The number of para-hydroxylation sites is 1. The number of nitrogens with zero attached hydrogens (tertiary/aromatic N) is 2. The van der Waals surface area contributed by atoms with Crippen molar-refractivity contribution in [3.63, 3.8) is 0 Å². The zero-order valence-electron chi connectivity index (χ0n) is 23.3. The molecule has 218 valence electrons. The van der Waals surface area contributed by atoms with E-state index in [4.69, 9.17) is 26.1 Å². The number of hydrazone groups is 1. The number of ether oxygens (including phenoxy) is 2. The van der Waals surface area contributed by atoms with E-state index in [-0.39, 0.29) is 18.9 Å². The van der Waals surface area contributed by atoms with Crippen LogP contribution in [0.3, 0.4) is 0 Å². The van der Waals surface area contributed by atoms with E-state index in [1.165, 1.54) is 12.3 Å². The van der Waals surface area contributed by atoms with E-state index in [1.54, 1.807) is 70.2 Å². The molecule has 0 unspecified atom stereocenters. The molecule has 0 spiro atoms. The van der Waals surface area contributed by atoms with Gasteiger partial charge in [-0.3, -0.25) is 14.9 Å². The van der Waals surface area contributed by atoms with Gasteiger partial charge in [-0.15, -0.1) is 0 Å². The van der Waals surface area contributed by atoms with Crippen molar-refractivity contribution >= 4 is 41.1 Å². The normalized spacial score (nSPS) is 14.8. The number of carbonyl (C=O) groups is 2. The van der Waals surface area contributed by atoms with E-state index >= 15 is 0 Å². The van der Waals surface area contributed by atoms with Gasteiger partial charge in [-0.2, -0.15) is 5.10 Å². The fourth-order valence-corrected chi connectivity index (χ4v) is 4.62. The van der Waals surface area contributed by atoms with E-state index in [0.29, 0.717) is 50.3 Å². The van der Waals surface area contributed by atoms with Gasteiger partial charge >= 0.3 is 5.97 Å². The maximum absolute atomic E-state index is 12.7. The van der Waals surface area contributed by atoms with Crippen molar-refractivity contribution in [2.75, 3.05) is 13.2 Å². The molecule has 0 bridgehead atoms. The van der Waals surface area contributed by atoms with Crippen molar-refractivity contribution in [1.82, 2.24) is 16.1 Å². The highest BCUT2D eigenvalue weighted by molar-refractivity contribution is 7.80. The molecule has 1 atom stereocenters. The van der Waals surface area contributed by atoms with Crippen LogP contribution < -0.4 is 20.8 Å². The summed E-state index contributed by atoms with van der Waals surface area (Å²) in [6.07, 6.45) is 1.31. The third kappa shape index (κ3) is 6.81. The fraction of sp³-hybridized carbons (Fsp3) is 0.241. The Labute approximate surface area is 246 Å². The number of hydrogen-bond donors (Lipinski definition) is 3. The number of nitro groups is 1. The average molecular weight is 592 g/mol. The van der Waals surface area contributed by atoms with Crippen LogP contribution in [-0.4, -0.2) is 41.3 Å². The van der Waals surface area contributed by atoms with Crippen molar-refractivity contribution in [3.8, 4) is 17.1 Å².